The first-order valence-electron chi connectivity index (χ1n) is 7.67. The number of hydrogen-bond donors (Lipinski definition) is 0. The second-order valence-corrected chi connectivity index (χ2v) is 7.15. The van der Waals surface area contributed by atoms with Crippen LogP contribution >= 0.6 is 11.8 Å². The van der Waals surface area contributed by atoms with Gasteiger partial charge in [0.25, 0.3) is 0 Å². The number of rotatable bonds is 6. The van der Waals surface area contributed by atoms with E-state index >= 15 is 0 Å². The molecule has 0 saturated heterocycles. The molecule has 0 N–H and O–H groups in total. The van der Waals surface area contributed by atoms with E-state index in [9.17, 15) is 0 Å². The number of aryl methyl sites for hydroxylation is 2. The molecule has 0 atom stereocenters. The van der Waals surface area contributed by atoms with Crippen molar-refractivity contribution in [3.8, 4) is 0 Å². The van der Waals surface area contributed by atoms with E-state index in [1.54, 1.807) is 0 Å². The lowest BCUT2D eigenvalue weighted by Crippen LogP contribution is -2.28. The summed E-state index contributed by atoms with van der Waals surface area (Å²) in [6.07, 6.45) is 0. The Morgan fingerprint density at radius 1 is 0.864 bits per heavy atom. The average Bonchev–Trinajstić information content (AvgIpc) is 2.48. The zero-order chi connectivity index (χ0) is 16.1. The van der Waals surface area contributed by atoms with Gasteiger partial charge in [-0.25, -0.2) is 0 Å². The van der Waals surface area contributed by atoms with Gasteiger partial charge in [0.2, 0.25) is 0 Å². The highest BCUT2D eigenvalue weighted by atomic mass is 32.2. The topological polar surface area (TPSA) is 6.48 Å². The van der Waals surface area contributed by atoms with Gasteiger partial charge >= 0.3 is 0 Å². The van der Waals surface area contributed by atoms with Gasteiger partial charge in [-0.1, -0.05) is 41.6 Å². The van der Waals surface area contributed by atoms with E-state index in [0.29, 0.717) is 0 Å². The molecule has 0 fully saturated rings. The first-order valence-corrected chi connectivity index (χ1v) is 8.49. The maximum Gasteiger partial charge on any atom is 0.0505 e. The Labute approximate surface area is 139 Å². The lowest BCUT2D eigenvalue weighted by Gasteiger charge is -2.24. The van der Waals surface area contributed by atoms with Gasteiger partial charge in [-0.05, 0) is 51.7 Å². The minimum Gasteiger partial charge on any atom is -0.372 e. The number of hydrogen-bond acceptors (Lipinski definition) is 3. The largest absolute Gasteiger partial charge is 0.372 e. The van der Waals surface area contributed by atoms with Crippen molar-refractivity contribution in [2.75, 3.05) is 39.1 Å². The average molecular weight is 314 g/mol. The van der Waals surface area contributed by atoms with Crippen LogP contribution in [0.1, 0.15) is 11.1 Å². The van der Waals surface area contributed by atoms with Crippen molar-refractivity contribution >= 4 is 17.4 Å². The second kappa shape index (κ2) is 7.70. The van der Waals surface area contributed by atoms with E-state index in [2.05, 4.69) is 87.3 Å². The SMILES string of the molecule is Cc1ccc(Sc2ccccc2N(C)CCN(C)C)c(C)c1. The Morgan fingerprint density at radius 2 is 1.59 bits per heavy atom. The Hall–Kier alpha value is -1.45. The van der Waals surface area contributed by atoms with Crippen molar-refractivity contribution in [1.82, 2.24) is 4.90 Å². The molecule has 0 amide bonds. The van der Waals surface area contributed by atoms with Gasteiger partial charge < -0.3 is 9.80 Å². The van der Waals surface area contributed by atoms with Crippen molar-refractivity contribution in [2.45, 2.75) is 23.6 Å². The van der Waals surface area contributed by atoms with Crippen molar-refractivity contribution in [3.05, 3.63) is 53.6 Å². The number of para-hydroxylation sites is 1. The number of benzene rings is 2. The molecule has 2 nitrogen and oxygen atoms in total. The minimum absolute atomic E-state index is 1.03. The molecule has 2 rings (SSSR count). The molecule has 118 valence electrons. The van der Waals surface area contributed by atoms with Gasteiger partial charge in [-0.3, -0.25) is 0 Å². The molecule has 0 bridgehead atoms. The number of likely N-dealkylation sites (N-methyl/N-ethyl adjacent to an activating group) is 2. The summed E-state index contributed by atoms with van der Waals surface area (Å²) in [6, 6.07) is 15.3. The molecular weight excluding hydrogens is 288 g/mol. The molecule has 0 radical (unpaired) electrons. The maximum absolute atomic E-state index is 2.34. The third-order valence-corrected chi connectivity index (χ3v) is 4.95. The van der Waals surface area contributed by atoms with Crippen LogP contribution in [0.3, 0.4) is 0 Å². The fourth-order valence-corrected chi connectivity index (χ4v) is 3.43. The molecule has 0 unspecified atom stereocenters. The van der Waals surface area contributed by atoms with Gasteiger partial charge in [0.15, 0.2) is 0 Å². The van der Waals surface area contributed by atoms with Crippen LogP contribution in [0.4, 0.5) is 5.69 Å². The van der Waals surface area contributed by atoms with E-state index in [1.165, 1.54) is 26.6 Å². The molecule has 3 heteroatoms. The predicted octanol–water partition coefficient (Wildman–Crippen LogP) is 4.45. The van der Waals surface area contributed by atoms with Crippen LogP contribution in [0, 0.1) is 13.8 Å². The van der Waals surface area contributed by atoms with Crippen molar-refractivity contribution in [1.29, 1.82) is 0 Å². The molecule has 0 aliphatic heterocycles. The van der Waals surface area contributed by atoms with Crippen molar-refractivity contribution < 1.29 is 0 Å². The van der Waals surface area contributed by atoms with Gasteiger partial charge in [0.05, 0.1) is 5.69 Å². The minimum atomic E-state index is 1.03. The number of nitrogens with zero attached hydrogens (tertiary/aromatic N) is 2. The zero-order valence-corrected chi connectivity index (χ0v) is 15.1. The lowest BCUT2D eigenvalue weighted by atomic mass is 10.2. The fraction of sp³-hybridized carbons (Fsp3) is 0.368. The molecule has 0 aliphatic rings. The second-order valence-electron chi connectivity index (χ2n) is 6.06. The maximum atomic E-state index is 2.34. The molecule has 0 saturated carbocycles. The van der Waals surface area contributed by atoms with Crippen LogP contribution in [-0.2, 0) is 0 Å². The van der Waals surface area contributed by atoms with E-state index in [0.717, 1.165) is 13.1 Å². The van der Waals surface area contributed by atoms with Gasteiger partial charge in [0.1, 0.15) is 0 Å². The molecule has 0 aromatic heterocycles. The van der Waals surface area contributed by atoms with Crippen LogP contribution in [0.25, 0.3) is 0 Å². The smallest absolute Gasteiger partial charge is 0.0505 e. The number of anilines is 1. The highest BCUT2D eigenvalue weighted by Crippen LogP contribution is 2.36. The van der Waals surface area contributed by atoms with Crippen LogP contribution in [0.15, 0.2) is 52.3 Å². The molecule has 22 heavy (non-hydrogen) atoms. The van der Waals surface area contributed by atoms with Crippen LogP contribution < -0.4 is 4.90 Å². The molecule has 2 aromatic carbocycles. The van der Waals surface area contributed by atoms with Crippen LogP contribution in [-0.4, -0.2) is 39.1 Å². The molecule has 0 aliphatic carbocycles. The summed E-state index contributed by atoms with van der Waals surface area (Å²) in [4.78, 5) is 7.21. The van der Waals surface area contributed by atoms with E-state index in [1.807, 2.05) is 11.8 Å². The highest BCUT2D eigenvalue weighted by molar-refractivity contribution is 7.99. The first-order chi connectivity index (χ1) is 10.5. The summed E-state index contributed by atoms with van der Waals surface area (Å²) in [6.45, 7) is 6.41. The van der Waals surface area contributed by atoms with Crippen LogP contribution in [0.5, 0.6) is 0 Å². The Morgan fingerprint density at radius 3 is 2.27 bits per heavy atom. The monoisotopic (exact) mass is 314 g/mol. The predicted molar refractivity (Wildman–Crippen MR) is 98.3 cm³/mol. The van der Waals surface area contributed by atoms with E-state index < -0.39 is 0 Å². The summed E-state index contributed by atoms with van der Waals surface area (Å²) >= 11 is 1.86. The molecule has 2 aromatic rings. The summed E-state index contributed by atoms with van der Waals surface area (Å²) in [5.41, 5.74) is 3.96. The van der Waals surface area contributed by atoms with Gasteiger partial charge in [-0.2, -0.15) is 0 Å². The van der Waals surface area contributed by atoms with E-state index in [4.69, 9.17) is 0 Å². The fourth-order valence-electron chi connectivity index (χ4n) is 2.36. The summed E-state index contributed by atoms with van der Waals surface area (Å²) in [5, 5.41) is 0. The highest BCUT2D eigenvalue weighted by Gasteiger charge is 2.10. The Balaban J connectivity index is 2.20. The lowest BCUT2D eigenvalue weighted by molar-refractivity contribution is 0.416. The third-order valence-electron chi connectivity index (χ3n) is 3.71. The summed E-state index contributed by atoms with van der Waals surface area (Å²) < 4.78 is 0. The Bertz CT molecular complexity index is 623. The molecular formula is C19H26N2S. The summed E-state index contributed by atoms with van der Waals surface area (Å²) in [7, 11) is 6.40. The van der Waals surface area contributed by atoms with Crippen molar-refractivity contribution in [2.24, 2.45) is 0 Å². The summed E-state index contributed by atoms with van der Waals surface area (Å²) in [5.74, 6) is 0. The molecule has 0 heterocycles. The van der Waals surface area contributed by atoms with Gasteiger partial charge in [0, 0.05) is 29.9 Å². The normalized spacial score (nSPS) is 11.0. The van der Waals surface area contributed by atoms with Crippen LogP contribution in [0.2, 0.25) is 0 Å². The molecule has 0 spiro atoms. The zero-order valence-electron chi connectivity index (χ0n) is 14.3. The quantitative estimate of drug-likeness (QED) is 0.777. The van der Waals surface area contributed by atoms with E-state index in [-0.39, 0.29) is 0 Å². The Kier molecular flexibility index (Phi) is 5.92. The third kappa shape index (κ3) is 4.52. The first kappa shape index (κ1) is 16.9. The standard InChI is InChI=1S/C19H26N2S/c1-15-10-11-18(16(2)14-15)22-19-9-7-6-8-17(19)21(5)13-12-20(3)4/h6-11,14H,12-13H2,1-5H3. The van der Waals surface area contributed by atoms with Gasteiger partial charge in [-0.15, -0.1) is 0 Å². The van der Waals surface area contributed by atoms with Crippen molar-refractivity contribution in [3.63, 3.8) is 0 Å².